The van der Waals surface area contributed by atoms with E-state index in [9.17, 15) is 13.2 Å². The van der Waals surface area contributed by atoms with Crippen molar-refractivity contribution >= 4 is 11.5 Å². The number of aryl methyl sites for hydroxylation is 2. The van der Waals surface area contributed by atoms with Gasteiger partial charge in [0.2, 0.25) is 0 Å². The molecule has 0 saturated carbocycles. The van der Waals surface area contributed by atoms with Crippen LogP contribution >= 0.6 is 0 Å². The molecule has 0 saturated heterocycles. The summed E-state index contributed by atoms with van der Waals surface area (Å²) < 4.78 is 39.4. The summed E-state index contributed by atoms with van der Waals surface area (Å²) in [5.74, 6) is 0.597. The van der Waals surface area contributed by atoms with Gasteiger partial charge in [0.1, 0.15) is 5.82 Å². The molecule has 4 nitrogen and oxygen atoms in total. The maximum Gasteiger partial charge on any atom is 0.416 e. The number of halogens is 3. The molecule has 108 valence electrons. The number of hydrogen-bond acceptors (Lipinski definition) is 3. The second-order valence-electron chi connectivity index (χ2n) is 4.52. The van der Waals surface area contributed by atoms with Gasteiger partial charge in [-0.25, -0.2) is 0 Å². The number of nitrogen functional groups attached to an aromatic ring is 1. The van der Waals surface area contributed by atoms with Gasteiger partial charge >= 0.3 is 6.18 Å². The number of hydrogen-bond donors (Lipinski definition) is 2. The fraction of sp³-hybridized carbons (Fsp3) is 0.308. The van der Waals surface area contributed by atoms with E-state index in [2.05, 4.69) is 10.4 Å². The molecule has 1 heterocycles. The molecule has 0 fully saturated rings. The average molecular weight is 284 g/mol. The van der Waals surface area contributed by atoms with Crippen molar-refractivity contribution in [2.24, 2.45) is 7.05 Å². The second kappa shape index (κ2) is 5.07. The SMILES string of the molecule is Cc1nn(C)c(NCc2cccc(C(F)(F)F)c2)c1N. The van der Waals surface area contributed by atoms with Crippen molar-refractivity contribution in [2.75, 3.05) is 11.1 Å². The van der Waals surface area contributed by atoms with Crippen LogP contribution in [0.1, 0.15) is 16.8 Å². The summed E-state index contributed by atoms with van der Waals surface area (Å²) in [5.41, 5.74) is 6.88. The van der Waals surface area contributed by atoms with Gasteiger partial charge in [0, 0.05) is 13.6 Å². The van der Waals surface area contributed by atoms with Crippen LogP contribution in [0.5, 0.6) is 0 Å². The Hall–Kier alpha value is -2.18. The van der Waals surface area contributed by atoms with Gasteiger partial charge in [0.15, 0.2) is 0 Å². The number of anilines is 2. The highest BCUT2D eigenvalue weighted by atomic mass is 19.4. The molecule has 2 rings (SSSR count). The van der Waals surface area contributed by atoms with Gasteiger partial charge in [-0.05, 0) is 24.6 Å². The van der Waals surface area contributed by atoms with E-state index in [0.717, 1.165) is 12.1 Å². The predicted molar refractivity (Wildman–Crippen MR) is 71.1 cm³/mol. The molecule has 0 aliphatic rings. The Labute approximate surface area is 114 Å². The maximum atomic E-state index is 12.6. The van der Waals surface area contributed by atoms with Crippen LogP contribution in [0.3, 0.4) is 0 Å². The van der Waals surface area contributed by atoms with Crippen LogP contribution in [-0.4, -0.2) is 9.78 Å². The minimum absolute atomic E-state index is 0.243. The summed E-state index contributed by atoms with van der Waals surface area (Å²) in [5, 5.41) is 7.13. The number of nitrogens with zero attached hydrogens (tertiary/aromatic N) is 2. The van der Waals surface area contributed by atoms with Crippen LogP contribution in [0, 0.1) is 6.92 Å². The molecule has 1 aromatic heterocycles. The Bertz CT molecular complexity index is 617. The molecule has 0 amide bonds. The van der Waals surface area contributed by atoms with Gasteiger partial charge in [-0.2, -0.15) is 18.3 Å². The zero-order valence-electron chi connectivity index (χ0n) is 11.1. The first-order valence-electron chi connectivity index (χ1n) is 5.98. The Kier molecular flexibility index (Phi) is 3.61. The Balaban J connectivity index is 2.15. The predicted octanol–water partition coefficient (Wildman–Crippen LogP) is 2.94. The zero-order valence-corrected chi connectivity index (χ0v) is 11.1. The lowest BCUT2D eigenvalue weighted by Gasteiger charge is -2.11. The van der Waals surface area contributed by atoms with Gasteiger partial charge in [0.05, 0.1) is 16.9 Å². The van der Waals surface area contributed by atoms with Crippen molar-refractivity contribution in [3.05, 3.63) is 41.1 Å². The van der Waals surface area contributed by atoms with E-state index in [1.165, 1.54) is 6.07 Å². The number of rotatable bonds is 3. The maximum absolute atomic E-state index is 12.6. The average Bonchev–Trinajstić information content (AvgIpc) is 2.61. The van der Waals surface area contributed by atoms with E-state index in [1.807, 2.05) is 0 Å². The first-order valence-corrected chi connectivity index (χ1v) is 5.98. The molecule has 2 aromatic rings. The lowest BCUT2D eigenvalue weighted by molar-refractivity contribution is -0.137. The van der Waals surface area contributed by atoms with Crippen LogP contribution < -0.4 is 11.1 Å². The Morgan fingerprint density at radius 3 is 2.60 bits per heavy atom. The standard InChI is InChI=1S/C13H15F3N4/c1-8-11(17)12(20(2)19-8)18-7-9-4-3-5-10(6-9)13(14,15)16/h3-6,18H,7,17H2,1-2H3. The largest absolute Gasteiger partial charge is 0.416 e. The summed E-state index contributed by atoms with van der Waals surface area (Å²) in [6.45, 7) is 2.01. The third kappa shape index (κ3) is 2.87. The van der Waals surface area contributed by atoms with Gasteiger partial charge < -0.3 is 11.1 Å². The summed E-state index contributed by atoms with van der Waals surface area (Å²) in [6, 6.07) is 5.18. The lowest BCUT2D eigenvalue weighted by Crippen LogP contribution is -2.09. The monoisotopic (exact) mass is 284 g/mol. The lowest BCUT2D eigenvalue weighted by atomic mass is 10.1. The summed E-state index contributed by atoms with van der Waals surface area (Å²) in [4.78, 5) is 0. The highest BCUT2D eigenvalue weighted by Gasteiger charge is 2.30. The summed E-state index contributed by atoms with van der Waals surface area (Å²) in [7, 11) is 1.72. The fourth-order valence-corrected chi connectivity index (χ4v) is 1.93. The van der Waals surface area contributed by atoms with Crippen LogP contribution in [0.4, 0.5) is 24.7 Å². The minimum Gasteiger partial charge on any atom is -0.394 e. The molecule has 20 heavy (non-hydrogen) atoms. The smallest absolute Gasteiger partial charge is 0.394 e. The molecule has 0 bridgehead atoms. The zero-order chi connectivity index (χ0) is 14.9. The van der Waals surface area contributed by atoms with Crippen molar-refractivity contribution in [1.29, 1.82) is 0 Å². The topological polar surface area (TPSA) is 55.9 Å². The highest BCUT2D eigenvalue weighted by molar-refractivity contribution is 5.64. The number of alkyl halides is 3. The van der Waals surface area contributed by atoms with Crippen LogP contribution in [0.15, 0.2) is 24.3 Å². The van der Waals surface area contributed by atoms with Crippen molar-refractivity contribution in [2.45, 2.75) is 19.6 Å². The van der Waals surface area contributed by atoms with Crippen LogP contribution in [0.25, 0.3) is 0 Å². The molecular formula is C13H15F3N4. The van der Waals surface area contributed by atoms with E-state index in [1.54, 1.807) is 24.7 Å². The molecule has 0 unspecified atom stereocenters. The number of benzene rings is 1. The molecule has 7 heteroatoms. The van der Waals surface area contributed by atoms with Gasteiger partial charge in [0.25, 0.3) is 0 Å². The quantitative estimate of drug-likeness (QED) is 0.911. The molecule has 0 aliphatic carbocycles. The Morgan fingerprint density at radius 1 is 1.35 bits per heavy atom. The summed E-state index contributed by atoms with van der Waals surface area (Å²) >= 11 is 0. The van der Waals surface area contributed by atoms with E-state index in [0.29, 0.717) is 22.8 Å². The minimum atomic E-state index is -4.34. The van der Waals surface area contributed by atoms with Crippen LogP contribution in [-0.2, 0) is 19.8 Å². The molecule has 3 N–H and O–H groups in total. The fourth-order valence-electron chi connectivity index (χ4n) is 1.93. The van der Waals surface area contributed by atoms with E-state index in [-0.39, 0.29) is 6.54 Å². The third-order valence-electron chi connectivity index (χ3n) is 2.98. The Morgan fingerprint density at radius 2 is 2.05 bits per heavy atom. The third-order valence-corrected chi connectivity index (χ3v) is 2.98. The van der Waals surface area contributed by atoms with E-state index < -0.39 is 11.7 Å². The van der Waals surface area contributed by atoms with Gasteiger partial charge in [-0.3, -0.25) is 4.68 Å². The molecule has 1 aromatic carbocycles. The van der Waals surface area contributed by atoms with Crippen molar-refractivity contribution in [3.8, 4) is 0 Å². The second-order valence-corrected chi connectivity index (χ2v) is 4.52. The van der Waals surface area contributed by atoms with Crippen molar-refractivity contribution < 1.29 is 13.2 Å². The van der Waals surface area contributed by atoms with E-state index >= 15 is 0 Å². The van der Waals surface area contributed by atoms with E-state index in [4.69, 9.17) is 5.73 Å². The van der Waals surface area contributed by atoms with Gasteiger partial charge in [-0.1, -0.05) is 12.1 Å². The molecule has 0 aliphatic heterocycles. The van der Waals surface area contributed by atoms with Crippen molar-refractivity contribution in [3.63, 3.8) is 0 Å². The normalized spacial score (nSPS) is 11.7. The molecule has 0 radical (unpaired) electrons. The first-order chi connectivity index (χ1) is 9.29. The van der Waals surface area contributed by atoms with Gasteiger partial charge in [-0.15, -0.1) is 0 Å². The van der Waals surface area contributed by atoms with Crippen molar-refractivity contribution in [1.82, 2.24) is 9.78 Å². The van der Waals surface area contributed by atoms with Crippen LogP contribution in [0.2, 0.25) is 0 Å². The first kappa shape index (κ1) is 14.2. The molecule has 0 spiro atoms. The summed E-state index contributed by atoms with van der Waals surface area (Å²) in [6.07, 6.45) is -4.34. The number of nitrogens with one attached hydrogen (secondary N) is 1. The number of aromatic nitrogens is 2. The molecular weight excluding hydrogens is 269 g/mol. The molecule has 0 atom stereocenters. The number of nitrogens with two attached hydrogens (primary N) is 1. The highest BCUT2D eigenvalue weighted by Crippen LogP contribution is 2.30.